The minimum absolute atomic E-state index is 0.426. The van der Waals surface area contributed by atoms with Gasteiger partial charge in [0.1, 0.15) is 0 Å². The highest BCUT2D eigenvalue weighted by Gasteiger charge is 2.34. The molecule has 7 heteroatoms. The molecule has 0 bridgehead atoms. The summed E-state index contributed by atoms with van der Waals surface area (Å²) in [7, 11) is -0.688. The molecule has 0 heterocycles. The van der Waals surface area contributed by atoms with Crippen molar-refractivity contribution in [3.63, 3.8) is 0 Å². The fourth-order valence-corrected chi connectivity index (χ4v) is 2.93. The summed E-state index contributed by atoms with van der Waals surface area (Å²) in [5.41, 5.74) is 9.75. The van der Waals surface area contributed by atoms with E-state index in [0.717, 1.165) is 5.56 Å². The zero-order valence-electron chi connectivity index (χ0n) is 12.8. The Morgan fingerprint density at radius 3 is 2.43 bits per heavy atom. The van der Waals surface area contributed by atoms with Crippen LogP contribution in [0.25, 0.3) is 10.4 Å². The molecule has 1 rings (SSSR count). The van der Waals surface area contributed by atoms with Crippen molar-refractivity contribution in [1.82, 2.24) is 0 Å². The van der Waals surface area contributed by atoms with E-state index in [1.807, 2.05) is 50.0 Å². The molecule has 0 spiro atoms. The van der Waals surface area contributed by atoms with E-state index in [9.17, 15) is 4.79 Å². The summed E-state index contributed by atoms with van der Waals surface area (Å²) in [6.07, 6.45) is -0.451. The van der Waals surface area contributed by atoms with Gasteiger partial charge >= 0.3 is 5.97 Å². The van der Waals surface area contributed by atoms with E-state index in [2.05, 4.69) is 10.0 Å². The first-order valence-corrected chi connectivity index (χ1v) is 10.1. The lowest BCUT2D eigenvalue weighted by Crippen LogP contribution is -2.44. The van der Waals surface area contributed by atoms with Crippen LogP contribution in [0.3, 0.4) is 0 Å². The van der Waals surface area contributed by atoms with E-state index in [1.165, 1.54) is 7.11 Å². The molecule has 1 aromatic rings. The van der Waals surface area contributed by atoms with Gasteiger partial charge in [-0.05, 0) is 37.2 Å². The van der Waals surface area contributed by atoms with E-state index in [0.29, 0.717) is 6.42 Å². The standard InChI is InChI=1S/C14H21N3O3Si/c1-19-14(18)13(20-21(2,3)4)12(16-17-15)10-11-8-6-5-7-9-11/h5-9,12-13H,10H2,1-4H3/t12-,13-/m0/s1. The first-order valence-electron chi connectivity index (χ1n) is 6.71. The van der Waals surface area contributed by atoms with Gasteiger partial charge in [0.15, 0.2) is 14.4 Å². The normalized spacial score (nSPS) is 13.9. The molecule has 0 aliphatic carbocycles. The summed E-state index contributed by atoms with van der Waals surface area (Å²) < 4.78 is 10.7. The highest BCUT2D eigenvalue weighted by atomic mass is 28.4. The first-order chi connectivity index (χ1) is 9.87. The summed E-state index contributed by atoms with van der Waals surface area (Å²) in [6.45, 7) is 5.91. The van der Waals surface area contributed by atoms with Crippen molar-refractivity contribution >= 4 is 14.3 Å². The predicted octanol–water partition coefficient (Wildman–Crippen LogP) is 3.30. The second-order valence-corrected chi connectivity index (χ2v) is 10.1. The molecule has 1 aromatic carbocycles. The van der Waals surface area contributed by atoms with E-state index in [4.69, 9.17) is 14.7 Å². The van der Waals surface area contributed by atoms with Gasteiger partial charge in [-0.25, -0.2) is 4.79 Å². The quantitative estimate of drug-likeness (QED) is 0.255. The summed E-state index contributed by atoms with van der Waals surface area (Å²) in [5.74, 6) is -0.509. The maximum absolute atomic E-state index is 12.0. The third-order valence-electron chi connectivity index (χ3n) is 2.75. The van der Waals surface area contributed by atoms with Gasteiger partial charge in [0.2, 0.25) is 0 Å². The molecule has 0 aliphatic heterocycles. The van der Waals surface area contributed by atoms with Crippen LogP contribution >= 0.6 is 0 Å². The number of carbonyl (C=O) groups is 1. The Morgan fingerprint density at radius 2 is 1.95 bits per heavy atom. The van der Waals surface area contributed by atoms with Crippen LogP contribution in [0.1, 0.15) is 5.56 Å². The molecule has 0 aromatic heterocycles. The molecule has 21 heavy (non-hydrogen) atoms. The number of nitrogens with zero attached hydrogens (tertiary/aromatic N) is 3. The number of hydrogen-bond acceptors (Lipinski definition) is 4. The zero-order valence-corrected chi connectivity index (χ0v) is 13.8. The largest absolute Gasteiger partial charge is 0.467 e. The molecular formula is C14H21N3O3Si. The van der Waals surface area contributed by atoms with Crippen LogP contribution in [0, 0.1) is 0 Å². The molecule has 0 saturated heterocycles. The van der Waals surface area contributed by atoms with Crippen LogP contribution in [0.15, 0.2) is 35.4 Å². The fraction of sp³-hybridized carbons (Fsp3) is 0.500. The molecule has 6 nitrogen and oxygen atoms in total. The summed E-state index contributed by atoms with van der Waals surface area (Å²) in [6, 6.07) is 8.91. The van der Waals surface area contributed by atoms with Gasteiger partial charge in [-0.2, -0.15) is 0 Å². The molecule has 0 amide bonds. The number of ether oxygens (including phenoxy) is 1. The van der Waals surface area contributed by atoms with Gasteiger partial charge in [0, 0.05) is 4.91 Å². The van der Waals surface area contributed by atoms with Gasteiger partial charge in [-0.1, -0.05) is 35.4 Å². The monoisotopic (exact) mass is 307 g/mol. The predicted molar refractivity (Wildman–Crippen MR) is 83.3 cm³/mol. The Bertz CT molecular complexity index is 510. The molecule has 0 fully saturated rings. The highest BCUT2D eigenvalue weighted by molar-refractivity contribution is 6.69. The number of azide groups is 1. The molecule has 0 saturated carbocycles. The van der Waals surface area contributed by atoms with Crippen molar-refractivity contribution in [2.75, 3.05) is 7.11 Å². The summed E-state index contributed by atoms with van der Waals surface area (Å²) in [4.78, 5) is 14.8. The Labute approximate surface area is 125 Å². The van der Waals surface area contributed by atoms with Gasteiger partial charge in [-0.15, -0.1) is 0 Å². The lowest BCUT2D eigenvalue weighted by atomic mass is 10.0. The fourth-order valence-electron chi connectivity index (χ4n) is 1.91. The average molecular weight is 307 g/mol. The zero-order chi connectivity index (χ0) is 15.9. The second kappa shape index (κ2) is 7.83. The van der Waals surface area contributed by atoms with E-state index < -0.39 is 26.4 Å². The molecule has 2 atom stereocenters. The second-order valence-electron chi connectivity index (χ2n) is 5.64. The van der Waals surface area contributed by atoms with Crippen LogP contribution < -0.4 is 0 Å². The Balaban J connectivity index is 3.02. The summed E-state index contributed by atoms with van der Waals surface area (Å²) in [5, 5.41) is 3.75. The van der Waals surface area contributed by atoms with Crippen molar-refractivity contribution in [2.45, 2.75) is 38.2 Å². The third-order valence-corrected chi connectivity index (χ3v) is 3.71. The van der Waals surface area contributed by atoms with Crippen molar-refractivity contribution in [3.05, 3.63) is 46.3 Å². The molecule has 0 aliphatic rings. The molecule has 0 unspecified atom stereocenters. The van der Waals surface area contributed by atoms with Gasteiger partial charge in [0.25, 0.3) is 0 Å². The Hall–Kier alpha value is -1.82. The number of rotatable bonds is 7. The number of hydrogen-bond donors (Lipinski definition) is 0. The van der Waals surface area contributed by atoms with Crippen LogP contribution in [0.2, 0.25) is 19.6 Å². The van der Waals surface area contributed by atoms with Gasteiger partial charge in [-0.3, -0.25) is 0 Å². The van der Waals surface area contributed by atoms with Crippen molar-refractivity contribution in [3.8, 4) is 0 Å². The molecular weight excluding hydrogens is 286 g/mol. The lowest BCUT2D eigenvalue weighted by molar-refractivity contribution is -0.150. The Kier molecular flexibility index (Phi) is 6.42. The summed E-state index contributed by atoms with van der Waals surface area (Å²) >= 11 is 0. The average Bonchev–Trinajstić information content (AvgIpc) is 2.44. The van der Waals surface area contributed by atoms with E-state index >= 15 is 0 Å². The van der Waals surface area contributed by atoms with Crippen molar-refractivity contribution in [1.29, 1.82) is 0 Å². The topological polar surface area (TPSA) is 84.3 Å². The van der Waals surface area contributed by atoms with E-state index in [-0.39, 0.29) is 0 Å². The van der Waals surface area contributed by atoms with Crippen LogP contribution in [0.4, 0.5) is 0 Å². The van der Waals surface area contributed by atoms with Crippen molar-refractivity contribution < 1.29 is 14.0 Å². The number of benzene rings is 1. The van der Waals surface area contributed by atoms with Crippen LogP contribution in [-0.4, -0.2) is 33.5 Å². The smallest absolute Gasteiger partial charge is 0.334 e. The van der Waals surface area contributed by atoms with Crippen LogP contribution in [-0.2, 0) is 20.4 Å². The number of methoxy groups -OCH3 is 1. The maximum Gasteiger partial charge on any atom is 0.334 e. The lowest BCUT2D eigenvalue weighted by Gasteiger charge is -2.28. The molecule has 0 N–H and O–H groups in total. The van der Waals surface area contributed by atoms with Crippen molar-refractivity contribution in [2.24, 2.45) is 5.11 Å². The van der Waals surface area contributed by atoms with E-state index in [1.54, 1.807) is 0 Å². The number of esters is 1. The first kappa shape index (κ1) is 17.2. The third kappa shape index (κ3) is 5.99. The SMILES string of the molecule is COC(=O)[C@@H](O[Si](C)(C)C)[C@H](Cc1ccccc1)N=[N+]=[N-]. The van der Waals surface area contributed by atoms with Gasteiger partial charge in [0.05, 0.1) is 13.2 Å². The maximum atomic E-state index is 12.0. The minimum atomic E-state index is -1.99. The van der Waals surface area contributed by atoms with Gasteiger partial charge < -0.3 is 9.16 Å². The minimum Gasteiger partial charge on any atom is -0.467 e. The molecule has 114 valence electrons. The van der Waals surface area contributed by atoms with Crippen LogP contribution in [0.5, 0.6) is 0 Å². The Morgan fingerprint density at radius 1 is 1.33 bits per heavy atom. The highest BCUT2D eigenvalue weighted by Crippen LogP contribution is 2.18. The molecule has 0 radical (unpaired) electrons. The number of carbonyl (C=O) groups excluding carboxylic acids is 1.